The van der Waals surface area contributed by atoms with Gasteiger partial charge in [-0.25, -0.2) is 4.79 Å². The summed E-state index contributed by atoms with van der Waals surface area (Å²) < 4.78 is 9.32. The molecule has 0 radical (unpaired) electrons. The fraction of sp³-hybridized carbons (Fsp3) is 0.273. The van der Waals surface area contributed by atoms with Crippen LogP contribution in [0.5, 0.6) is 11.5 Å². The van der Waals surface area contributed by atoms with Gasteiger partial charge in [0.15, 0.2) is 11.5 Å². The van der Waals surface area contributed by atoms with Crippen LogP contribution in [0.25, 0.3) is 0 Å². The Balaban J connectivity index is 2.99. The van der Waals surface area contributed by atoms with E-state index in [0.29, 0.717) is 0 Å². The topological polar surface area (TPSA) is 84.9 Å². The zero-order valence-corrected chi connectivity index (χ0v) is 9.52. The number of phenols is 1. The van der Waals surface area contributed by atoms with Crippen LogP contribution in [0.2, 0.25) is 0 Å². The van der Waals surface area contributed by atoms with E-state index in [1.807, 2.05) is 0 Å². The maximum atomic E-state index is 11.2. The molecule has 0 aromatic heterocycles. The van der Waals surface area contributed by atoms with E-state index < -0.39 is 12.1 Å². The molecule has 2 N–H and O–H groups in total. The number of nitrogens with one attached hydrogen (secondary N) is 1. The van der Waals surface area contributed by atoms with Gasteiger partial charge in [0.2, 0.25) is 0 Å². The van der Waals surface area contributed by atoms with Gasteiger partial charge in [0, 0.05) is 6.42 Å². The summed E-state index contributed by atoms with van der Waals surface area (Å²) in [6.45, 7) is 1.62. The molecule has 0 saturated heterocycles. The molecule has 0 spiro atoms. The lowest BCUT2D eigenvalue weighted by molar-refractivity contribution is -0.134. The molecule has 0 bridgehead atoms. The number of hydrogen-bond acceptors (Lipinski definition) is 5. The standard InChI is InChI=1S/C11H13NO5/c1-3-9(14)17-10-7(12-11(15)16-2)5-4-6-8(10)13/h4-6,13H,3H2,1-2H3,(H,12,15). The van der Waals surface area contributed by atoms with Crippen molar-refractivity contribution in [1.29, 1.82) is 0 Å². The van der Waals surface area contributed by atoms with E-state index in [2.05, 4.69) is 10.1 Å². The Hall–Kier alpha value is -2.24. The van der Waals surface area contributed by atoms with Crippen molar-refractivity contribution in [1.82, 2.24) is 0 Å². The summed E-state index contributed by atoms with van der Waals surface area (Å²) in [7, 11) is 1.20. The van der Waals surface area contributed by atoms with Crippen LogP contribution in [0, 0.1) is 0 Å². The summed E-state index contributed by atoms with van der Waals surface area (Å²) in [6, 6.07) is 4.33. The molecule has 6 heteroatoms. The Labute approximate surface area is 98.2 Å². The number of anilines is 1. The minimum absolute atomic E-state index is 0.0928. The van der Waals surface area contributed by atoms with Gasteiger partial charge in [0.1, 0.15) is 0 Å². The first-order valence-electron chi connectivity index (χ1n) is 4.96. The highest BCUT2D eigenvalue weighted by atomic mass is 16.5. The maximum Gasteiger partial charge on any atom is 0.411 e. The minimum atomic E-state index is -0.718. The lowest BCUT2D eigenvalue weighted by atomic mass is 10.2. The number of ether oxygens (including phenoxy) is 2. The summed E-state index contributed by atoms with van der Waals surface area (Å²) in [4.78, 5) is 22.2. The number of amides is 1. The number of methoxy groups -OCH3 is 1. The van der Waals surface area contributed by atoms with Crippen molar-refractivity contribution in [2.24, 2.45) is 0 Å². The maximum absolute atomic E-state index is 11.2. The van der Waals surface area contributed by atoms with Crippen LogP contribution in [-0.2, 0) is 9.53 Å². The number of rotatable bonds is 3. The van der Waals surface area contributed by atoms with Gasteiger partial charge in [-0.1, -0.05) is 13.0 Å². The first kappa shape index (κ1) is 12.8. The molecule has 1 rings (SSSR count). The van der Waals surface area contributed by atoms with Gasteiger partial charge in [0.25, 0.3) is 0 Å². The predicted octanol–water partition coefficient (Wildman–Crippen LogP) is 1.89. The quantitative estimate of drug-likeness (QED) is 0.621. The van der Waals surface area contributed by atoms with Gasteiger partial charge in [-0.05, 0) is 12.1 Å². The predicted molar refractivity (Wildman–Crippen MR) is 60.1 cm³/mol. The Morgan fingerprint density at radius 3 is 2.71 bits per heavy atom. The number of aromatic hydroxyl groups is 1. The summed E-state index contributed by atoms with van der Waals surface area (Å²) in [5.41, 5.74) is 0.165. The molecule has 0 saturated carbocycles. The van der Waals surface area contributed by atoms with Gasteiger partial charge < -0.3 is 14.6 Å². The van der Waals surface area contributed by atoms with E-state index in [1.54, 1.807) is 6.92 Å². The third kappa shape index (κ3) is 3.37. The zero-order valence-electron chi connectivity index (χ0n) is 9.52. The second kappa shape index (κ2) is 5.74. The average molecular weight is 239 g/mol. The lowest BCUT2D eigenvalue weighted by Gasteiger charge is -2.11. The number of carbonyl (C=O) groups is 2. The van der Waals surface area contributed by atoms with Crippen molar-refractivity contribution < 1.29 is 24.2 Å². The van der Waals surface area contributed by atoms with Gasteiger partial charge in [-0.2, -0.15) is 0 Å². The molecule has 0 fully saturated rings. The highest BCUT2D eigenvalue weighted by molar-refractivity contribution is 5.88. The molecule has 17 heavy (non-hydrogen) atoms. The van der Waals surface area contributed by atoms with Crippen molar-refractivity contribution in [2.45, 2.75) is 13.3 Å². The molecule has 0 aliphatic carbocycles. The number of para-hydroxylation sites is 1. The van der Waals surface area contributed by atoms with Crippen LogP contribution in [0.15, 0.2) is 18.2 Å². The molecule has 0 aliphatic rings. The van der Waals surface area contributed by atoms with Gasteiger partial charge in [0.05, 0.1) is 12.8 Å². The van der Waals surface area contributed by atoms with E-state index in [1.165, 1.54) is 25.3 Å². The summed E-state index contributed by atoms with van der Waals surface area (Å²) in [5, 5.41) is 11.9. The average Bonchev–Trinajstić information content (AvgIpc) is 2.33. The zero-order chi connectivity index (χ0) is 12.8. The Morgan fingerprint density at radius 1 is 1.41 bits per heavy atom. The molecule has 1 aromatic carbocycles. The van der Waals surface area contributed by atoms with Gasteiger partial charge in [-0.3, -0.25) is 10.1 Å². The van der Waals surface area contributed by atoms with Crippen LogP contribution in [0.3, 0.4) is 0 Å². The van der Waals surface area contributed by atoms with Crippen molar-refractivity contribution in [3.63, 3.8) is 0 Å². The molecular weight excluding hydrogens is 226 g/mol. The molecule has 1 aromatic rings. The number of carbonyl (C=O) groups excluding carboxylic acids is 2. The smallest absolute Gasteiger partial charge is 0.411 e. The molecule has 0 aliphatic heterocycles. The van der Waals surface area contributed by atoms with Crippen molar-refractivity contribution in [2.75, 3.05) is 12.4 Å². The summed E-state index contributed by atoms with van der Waals surface area (Å²) in [6.07, 6.45) is -0.559. The molecule has 6 nitrogen and oxygen atoms in total. The van der Waals surface area contributed by atoms with Gasteiger partial charge >= 0.3 is 12.1 Å². The second-order valence-electron chi connectivity index (χ2n) is 3.10. The molecule has 0 atom stereocenters. The Morgan fingerprint density at radius 2 is 2.12 bits per heavy atom. The van der Waals surface area contributed by atoms with Crippen LogP contribution < -0.4 is 10.1 Å². The van der Waals surface area contributed by atoms with Crippen LogP contribution >= 0.6 is 0 Å². The fourth-order valence-corrected chi connectivity index (χ4v) is 1.08. The van der Waals surface area contributed by atoms with E-state index in [-0.39, 0.29) is 23.6 Å². The third-order valence-electron chi connectivity index (χ3n) is 1.92. The monoisotopic (exact) mass is 239 g/mol. The highest BCUT2D eigenvalue weighted by Gasteiger charge is 2.14. The molecular formula is C11H13NO5. The first-order valence-corrected chi connectivity index (χ1v) is 4.96. The van der Waals surface area contributed by atoms with Gasteiger partial charge in [-0.15, -0.1) is 0 Å². The van der Waals surface area contributed by atoms with E-state index in [0.717, 1.165) is 0 Å². The lowest BCUT2D eigenvalue weighted by Crippen LogP contribution is -2.13. The largest absolute Gasteiger partial charge is 0.504 e. The van der Waals surface area contributed by atoms with Crippen molar-refractivity contribution >= 4 is 17.7 Å². The number of benzene rings is 1. The summed E-state index contributed by atoms with van der Waals surface area (Å²) in [5.74, 6) is -0.843. The van der Waals surface area contributed by atoms with E-state index in [9.17, 15) is 14.7 Å². The van der Waals surface area contributed by atoms with Crippen LogP contribution in [0.4, 0.5) is 10.5 Å². The Bertz CT molecular complexity index is 430. The normalized spacial score (nSPS) is 9.53. The van der Waals surface area contributed by atoms with Crippen molar-refractivity contribution in [3.05, 3.63) is 18.2 Å². The van der Waals surface area contributed by atoms with E-state index >= 15 is 0 Å². The number of phenolic OH excluding ortho intramolecular Hbond substituents is 1. The third-order valence-corrected chi connectivity index (χ3v) is 1.92. The fourth-order valence-electron chi connectivity index (χ4n) is 1.08. The second-order valence-corrected chi connectivity index (χ2v) is 3.10. The molecule has 0 heterocycles. The molecule has 1 amide bonds. The molecule has 0 unspecified atom stereocenters. The number of esters is 1. The minimum Gasteiger partial charge on any atom is -0.504 e. The summed E-state index contributed by atoms with van der Waals surface area (Å²) >= 11 is 0. The van der Waals surface area contributed by atoms with Crippen LogP contribution in [-0.4, -0.2) is 24.3 Å². The SMILES string of the molecule is CCC(=O)Oc1c(O)cccc1NC(=O)OC. The van der Waals surface area contributed by atoms with Crippen molar-refractivity contribution in [3.8, 4) is 11.5 Å². The highest BCUT2D eigenvalue weighted by Crippen LogP contribution is 2.34. The number of hydrogen-bond donors (Lipinski definition) is 2. The molecule has 92 valence electrons. The first-order chi connectivity index (χ1) is 8.08. The Kier molecular flexibility index (Phi) is 4.33. The van der Waals surface area contributed by atoms with Crippen LogP contribution in [0.1, 0.15) is 13.3 Å². The van der Waals surface area contributed by atoms with E-state index in [4.69, 9.17) is 4.74 Å².